The average Bonchev–Trinajstić information content (AvgIpc) is 2.41. The fraction of sp³-hybridized carbons (Fsp3) is 0.611. The van der Waals surface area contributed by atoms with E-state index in [1.54, 1.807) is 0 Å². The molecule has 0 aliphatic heterocycles. The lowest BCUT2D eigenvalue weighted by Gasteiger charge is -2.32. The van der Waals surface area contributed by atoms with E-state index in [4.69, 9.17) is 16.3 Å². The van der Waals surface area contributed by atoms with Crippen LogP contribution in [0.15, 0.2) is 12.1 Å². The van der Waals surface area contributed by atoms with Crippen LogP contribution >= 0.6 is 11.6 Å². The van der Waals surface area contributed by atoms with E-state index in [0.717, 1.165) is 41.2 Å². The summed E-state index contributed by atoms with van der Waals surface area (Å²) in [4.78, 5) is 0. The standard InChI is InChI=1S/C18H24ClNO/c1-11(2)15-9-17(13(4)8-16(15)19)21-18-7-12(3)5-6-14(18)10-20/h8-9,11-12,14,18H,5-7H2,1-4H3. The Morgan fingerprint density at radius 3 is 2.67 bits per heavy atom. The second kappa shape index (κ2) is 6.71. The Labute approximate surface area is 133 Å². The van der Waals surface area contributed by atoms with E-state index < -0.39 is 0 Å². The van der Waals surface area contributed by atoms with Crippen LogP contribution in [0.25, 0.3) is 0 Å². The smallest absolute Gasteiger partial charge is 0.123 e. The third-order valence-electron chi connectivity index (χ3n) is 4.41. The van der Waals surface area contributed by atoms with E-state index >= 15 is 0 Å². The third-order valence-corrected chi connectivity index (χ3v) is 4.74. The number of halogens is 1. The van der Waals surface area contributed by atoms with Crippen molar-refractivity contribution in [2.24, 2.45) is 11.8 Å². The Hall–Kier alpha value is -1.20. The van der Waals surface area contributed by atoms with Gasteiger partial charge in [-0.15, -0.1) is 0 Å². The molecule has 0 spiro atoms. The predicted octanol–water partition coefficient (Wildman–Crippen LogP) is 5.48. The average molecular weight is 306 g/mol. The number of rotatable bonds is 3. The van der Waals surface area contributed by atoms with Gasteiger partial charge in [0.2, 0.25) is 0 Å². The van der Waals surface area contributed by atoms with E-state index in [1.807, 2.05) is 13.0 Å². The second-order valence-electron chi connectivity index (χ2n) is 6.60. The van der Waals surface area contributed by atoms with Crippen LogP contribution in [0.2, 0.25) is 5.02 Å². The molecule has 1 aromatic carbocycles. The Morgan fingerprint density at radius 1 is 1.33 bits per heavy atom. The molecule has 1 aliphatic carbocycles. The fourth-order valence-electron chi connectivity index (χ4n) is 3.01. The summed E-state index contributed by atoms with van der Waals surface area (Å²) in [5.41, 5.74) is 2.15. The summed E-state index contributed by atoms with van der Waals surface area (Å²) in [6.45, 7) is 8.50. The van der Waals surface area contributed by atoms with Crippen LogP contribution in [0.1, 0.15) is 57.1 Å². The summed E-state index contributed by atoms with van der Waals surface area (Å²) >= 11 is 6.31. The van der Waals surface area contributed by atoms with Crippen molar-refractivity contribution in [2.75, 3.05) is 0 Å². The highest BCUT2D eigenvalue weighted by molar-refractivity contribution is 6.31. The molecule has 1 fully saturated rings. The molecule has 2 rings (SSSR count). The number of aryl methyl sites for hydroxylation is 1. The van der Waals surface area contributed by atoms with Crippen molar-refractivity contribution in [3.05, 3.63) is 28.3 Å². The van der Waals surface area contributed by atoms with Crippen molar-refractivity contribution < 1.29 is 4.74 Å². The summed E-state index contributed by atoms with van der Waals surface area (Å²) in [7, 11) is 0. The van der Waals surface area contributed by atoms with Crippen molar-refractivity contribution in [3.8, 4) is 11.8 Å². The molecule has 21 heavy (non-hydrogen) atoms. The lowest BCUT2D eigenvalue weighted by Crippen LogP contribution is -2.32. The van der Waals surface area contributed by atoms with Gasteiger partial charge in [0.05, 0.1) is 12.0 Å². The zero-order valence-corrected chi connectivity index (χ0v) is 14.1. The van der Waals surface area contributed by atoms with Crippen LogP contribution < -0.4 is 4.74 Å². The Morgan fingerprint density at radius 2 is 2.05 bits per heavy atom. The number of hydrogen-bond donors (Lipinski definition) is 0. The van der Waals surface area contributed by atoms with Crippen LogP contribution in [0, 0.1) is 30.1 Å². The van der Waals surface area contributed by atoms with E-state index in [0.29, 0.717) is 11.8 Å². The Bertz CT molecular complexity index is 547. The molecular weight excluding hydrogens is 282 g/mol. The van der Waals surface area contributed by atoms with Gasteiger partial charge in [0.15, 0.2) is 0 Å². The number of ether oxygens (including phenoxy) is 1. The molecule has 0 bridgehead atoms. The largest absolute Gasteiger partial charge is 0.489 e. The van der Waals surface area contributed by atoms with E-state index in [9.17, 15) is 5.26 Å². The number of hydrogen-bond acceptors (Lipinski definition) is 2. The van der Waals surface area contributed by atoms with E-state index in [2.05, 4.69) is 32.9 Å². The lowest BCUT2D eigenvalue weighted by atomic mass is 9.81. The van der Waals surface area contributed by atoms with Crippen LogP contribution in [-0.2, 0) is 0 Å². The lowest BCUT2D eigenvalue weighted by molar-refractivity contribution is 0.0948. The van der Waals surface area contributed by atoms with Crippen molar-refractivity contribution in [1.82, 2.24) is 0 Å². The first-order chi connectivity index (χ1) is 9.92. The van der Waals surface area contributed by atoms with Gasteiger partial charge >= 0.3 is 0 Å². The van der Waals surface area contributed by atoms with Crippen LogP contribution in [0.4, 0.5) is 0 Å². The minimum atomic E-state index is -0.00126. The molecule has 1 saturated carbocycles. The SMILES string of the molecule is Cc1cc(Cl)c(C(C)C)cc1OC1CC(C)CCC1C#N. The molecule has 0 amide bonds. The molecule has 0 saturated heterocycles. The van der Waals surface area contributed by atoms with Crippen LogP contribution in [-0.4, -0.2) is 6.10 Å². The quantitative estimate of drug-likeness (QED) is 0.741. The fourth-order valence-corrected chi connectivity index (χ4v) is 3.44. The number of nitrogens with zero attached hydrogens (tertiary/aromatic N) is 1. The zero-order chi connectivity index (χ0) is 15.6. The molecular formula is C18H24ClNO. The second-order valence-corrected chi connectivity index (χ2v) is 7.01. The predicted molar refractivity (Wildman–Crippen MR) is 86.8 cm³/mol. The molecule has 2 nitrogen and oxygen atoms in total. The molecule has 3 unspecified atom stereocenters. The van der Waals surface area contributed by atoms with E-state index in [1.165, 1.54) is 0 Å². The minimum Gasteiger partial charge on any atom is -0.489 e. The molecule has 114 valence electrons. The Balaban J connectivity index is 2.25. The van der Waals surface area contributed by atoms with Gasteiger partial charge in [-0.25, -0.2) is 0 Å². The van der Waals surface area contributed by atoms with Crippen molar-refractivity contribution in [2.45, 2.75) is 59.0 Å². The highest BCUT2D eigenvalue weighted by atomic mass is 35.5. The van der Waals surface area contributed by atoms with Gasteiger partial charge in [0.25, 0.3) is 0 Å². The van der Waals surface area contributed by atoms with Crippen molar-refractivity contribution >= 4 is 11.6 Å². The maximum Gasteiger partial charge on any atom is 0.123 e. The molecule has 0 heterocycles. The number of nitriles is 1. The molecule has 0 radical (unpaired) electrons. The monoisotopic (exact) mass is 305 g/mol. The minimum absolute atomic E-state index is 0.00113. The van der Waals surface area contributed by atoms with Gasteiger partial charge in [-0.2, -0.15) is 5.26 Å². The molecule has 0 N–H and O–H groups in total. The summed E-state index contributed by atoms with van der Waals surface area (Å²) in [5, 5.41) is 10.1. The third kappa shape index (κ3) is 3.71. The molecule has 3 atom stereocenters. The van der Waals surface area contributed by atoms with Crippen LogP contribution in [0.5, 0.6) is 5.75 Å². The molecule has 1 aliphatic rings. The van der Waals surface area contributed by atoms with Gasteiger partial charge in [-0.05, 0) is 61.3 Å². The molecule has 0 aromatic heterocycles. The highest BCUT2D eigenvalue weighted by Gasteiger charge is 2.30. The van der Waals surface area contributed by atoms with Gasteiger partial charge in [0.1, 0.15) is 11.9 Å². The zero-order valence-electron chi connectivity index (χ0n) is 13.3. The first-order valence-electron chi connectivity index (χ1n) is 7.78. The molecule has 1 aromatic rings. The maximum atomic E-state index is 9.33. The summed E-state index contributed by atoms with van der Waals surface area (Å²) in [6, 6.07) is 6.44. The van der Waals surface area contributed by atoms with Crippen molar-refractivity contribution in [3.63, 3.8) is 0 Å². The first-order valence-corrected chi connectivity index (χ1v) is 8.16. The van der Waals surface area contributed by atoms with E-state index in [-0.39, 0.29) is 12.0 Å². The topological polar surface area (TPSA) is 33.0 Å². The first kappa shape index (κ1) is 16.2. The van der Waals surface area contributed by atoms with Gasteiger partial charge < -0.3 is 4.74 Å². The van der Waals surface area contributed by atoms with Gasteiger partial charge in [-0.3, -0.25) is 0 Å². The summed E-state index contributed by atoms with van der Waals surface area (Å²) in [5.74, 6) is 1.86. The van der Waals surface area contributed by atoms with Crippen LogP contribution in [0.3, 0.4) is 0 Å². The highest BCUT2D eigenvalue weighted by Crippen LogP contribution is 2.36. The van der Waals surface area contributed by atoms with Crippen molar-refractivity contribution in [1.29, 1.82) is 5.26 Å². The summed E-state index contributed by atoms with van der Waals surface area (Å²) in [6.07, 6.45) is 3.01. The normalized spacial score (nSPS) is 25.7. The molecule has 3 heteroatoms. The Kier molecular flexibility index (Phi) is 5.17. The maximum absolute atomic E-state index is 9.33. The number of benzene rings is 1. The van der Waals surface area contributed by atoms with Gasteiger partial charge in [0, 0.05) is 5.02 Å². The van der Waals surface area contributed by atoms with Gasteiger partial charge in [-0.1, -0.05) is 32.4 Å². The summed E-state index contributed by atoms with van der Waals surface area (Å²) < 4.78 is 6.22.